The van der Waals surface area contributed by atoms with Crippen LogP contribution in [0.2, 0.25) is 10.0 Å². The molecule has 1 aromatic carbocycles. The molecule has 0 spiro atoms. The van der Waals surface area contributed by atoms with Crippen molar-refractivity contribution in [3.63, 3.8) is 0 Å². The van der Waals surface area contributed by atoms with Gasteiger partial charge in [0.2, 0.25) is 0 Å². The first-order valence-corrected chi connectivity index (χ1v) is 5.65. The summed E-state index contributed by atoms with van der Waals surface area (Å²) < 4.78 is 0. The first-order valence-electron chi connectivity index (χ1n) is 4.89. The Morgan fingerprint density at radius 3 is 2.24 bits per heavy atom. The van der Waals surface area contributed by atoms with Crippen LogP contribution >= 0.6 is 23.2 Å². The van der Waals surface area contributed by atoms with E-state index in [2.05, 4.69) is 9.97 Å². The molecule has 0 amide bonds. The number of nitrogens with zero attached hydrogens (tertiary/aromatic N) is 2. The third-order valence-electron chi connectivity index (χ3n) is 2.26. The number of carbonyl (C=O) groups is 1. The van der Waals surface area contributed by atoms with Gasteiger partial charge in [0.15, 0.2) is 6.29 Å². The Morgan fingerprint density at radius 1 is 1.12 bits per heavy atom. The van der Waals surface area contributed by atoms with Crippen molar-refractivity contribution < 1.29 is 4.79 Å². The molecule has 1 heterocycles. The smallest absolute Gasteiger partial charge is 0.153 e. The van der Waals surface area contributed by atoms with Gasteiger partial charge in [-0.25, -0.2) is 9.97 Å². The minimum atomic E-state index is 0.442. The minimum absolute atomic E-state index is 0.442. The summed E-state index contributed by atoms with van der Waals surface area (Å²) in [5.74, 6) is 0.575. The molecule has 17 heavy (non-hydrogen) atoms. The van der Waals surface area contributed by atoms with Crippen LogP contribution in [0.1, 0.15) is 21.7 Å². The van der Waals surface area contributed by atoms with Crippen molar-refractivity contribution in [3.05, 3.63) is 57.6 Å². The lowest BCUT2D eigenvalue weighted by atomic mass is 10.1. The molecule has 0 aliphatic heterocycles. The fraction of sp³-hybridized carbons (Fsp3) is 0.0833. The van der Waals surface area contributed by atoms with E-state index >= 15 is 0 Å². The Hall–Kier alpha value is -1.45. The normalized spacial score (nSPS) is 10.2. The zero-order valence-electron chi connectivity index (χ0n) is 8.73. The van der Waals surface area contributed by atoms with Crippen molar-refractivity contribution >= 4 is 29.5 Å². The predicted octanol–water partition coefficient (Wildman–Crippen LogP) is 3.19. The SMILES string of the molecule is O=Cc1cnc(Cc2c(Cl)cccc2Cl)nc1. The van der Waals surface area contributed by atoms with Gasteiger partial charge in [0.05, 0.1) is 5.56 Å². The number of halogens is 2. The van der Waals surface area contributed by atoms with Crippen LogP contribution in [0.3, 0.4) is 0 Å². The van der Waals surface area contributed by atoms with Gasteiger partial charge in [0, 0.05) is 28.9 Å². The summed E-state index contributed by atoms with van der Waals surface area (Å²) >= 11 is 12.1. The van der Waals surface area contributed by atoms with Crippen molar-refractivity contribution in [2.45, 2.75) is 6.42 Å². The van der Waals surface area contributed by atoms with Crippen LogP contribution in [-0.2, 0) is 6.42 Å². The third-order valence-corrected chi connectivity index (χ3v) is 2.97. The fourth-order valence-electron chi connectivity index (χ4n) is 1.38. The molecule has 5 heteroatoms. The Labute approximate surface area is 108 Å². The Morgan fingerprint density at radius 2 is 1.71 bits per heavy atom. The summed E-state index contributed by atoms with van der Waals surface area (Å²) in [7, 11) is 0. The summed E-state index contributed by atoms with van der Waals surface area (Å²) in [4.78, 5) is 18.6. The van der Waals surface area contributed by atoms with Gasteiger partial charge in [-0.15, -0.1) is 0 Å². The molecule has 0 aliphatic rings. The second kappa shape index (κ2) is 5.25. The van der Waals surface area contributed by atoms with Crippen molar-refractivity contribution in [3.8, 4) is 0 Å². The first-order chi connectivity index (χ1) is 8.20. The quantitative estimate of drug-likeness (QED) is 0.802. The highest BCUT2D eigenvalue weighted by Gasteiger charge is 2.08. The molecule has 2 aromatic rings. The second-order valence-corrected chi connectivity index (χ2v) is 4.24. The number of carbonyl (C=O) groups excluding carboxylic acids is 1. The summed E-state index contributed by atoms with van der Waals surface area (Å²) in [6.45, 7) is 0. The fourth-order valence-corrected chi connectivity index (χ4v) is 1.91. The van der Waals surface area contributed by atoms with E-state index in [1.165, 1.54) is 12.4 Å². The predicted molar refractivity (Wildman–Crippen MR) is 66.7 cm³/mol. The maximum Gasteiger partial charge on any atom is 0.153 e. The van der Waals surface area contributed by atoms with Gasteiger partial charge < -0.3 is 0 Å². The van der Waals surface area contributed by atoms with Crippen molar-refractivity contribution in [1.82, 2.24) is 9.97 Å². The highest BCUT2D eigenvalue weighted by molar-refractivity contribution is 6.36. The molecule has 0 atom stereocenters. The molecule has 86 valence electrons. The molecular weight excluding hydrogens is 259 g/mol. The number of hydrogen-bond acceptors (Lipinski definition) is 3. The van der Waals surface area contributed by atoms with Gasteiger partial charge in [-0.3, -0.25) is 4.79 Å². The number of aldehydes is 1. The van der Waals surface area contributed by atoms with Gasteiger partial charge in [0.1, 0.15) is 5.82 Å². The van der Waals surface area contributed by atoms with Crippen LogP contribution in [0.5, 0.6) is 0 Å². The van der Waals surface area contributed by atoms with Crippen LogP contribution < -0.4 is 0 Å². The highest BCUT2D eigenvalue weighted by atomic mass is 35.5. The van der Waals surface area contributed by atoms with Crippen molar-refractivity contribution in [1.29, 1.82) is 0 Å². The highest BCUT2D eigenvalue weighted by Crippen LogP contribution is 2.25. The van der Waals surface area contributed by atoms with Crippen LogP contribution in [0.25, 0.3) is 0 Å². The second-order valence-electron chi connectivity index (χ2n) is 3.43. The van der Waals surface area contributed by atoms with Crippen LogP contribution in [0.4, 0.5) is 0 Å². The van der Waals surface area contributed by atoms with Crippen LogP contribution in [-0.4, -0.2) is 16.3 Å². The average Bonchev–Trinajstić information content (AvgIpc) is 2.35. The van der Waals surface area contributed by atoms with Crippen LogP contribution in [0, 0.1) is 0 Å². The van der Waals surface area contributed by atoms with E-state index in [4.69, 9.17) is 23.2 Å². The monoisotopic (exact) mass is 266 g/mol. The minimum Gasteiger partial charge on any atom is -0.298 e. The van der Waals surface area contributed by atoms with Gasteiger partial charge in [-0.05, 0) is 17.7 Å². The number of hydrogen-bond donors (Lipinski definition) is 0. The molecule has 0 bridgehead atoms. The van der Waals surface area contributed by atoms with Gasteiger partial charge >= 0.3 is 0 Å². The van der Waals surface area contributed by atoms with Gasteiger partial charge in [-0.1, -0.05) is 29.3 Å². The standard InChI is InChI=1S/C12H8Cl2N2O/c13-10-2-1-3-11(14)9(10)4-12-15-5-8(7-17)6-16-12/h1-3,5-7H,4H2. The molecule has 0 radical (unpaired) electrons. The van der Waals surface area contributed by atoms with E-state index in [0.29, 0.717) is 34.1 Å². The average molecular weight is 267 g/mol. The third kappa shape index (κ3) is 2.81. The Bertz CT molecular complexity index is 520. The molecule has 3 nitrogen and oxygen atoms in total. The van der Waals surface area contributed by atoms with E-state index in [-0.39, 0.29) is 0 Å². The maximum atomic E-state index is 10.5. The summed E-state index contributed by atoms with van der Waals surface area (Å²) in [5, 5.41) is 1.17. The van der Waals surface area contributed by atoms with Crippen molar-refractivity contribution in [2.75, 3.05) is 0 Å². The first kappa shape index (κ1) is 12.0. The van der Waals surface area contributed by atoms with E-state index in [9.17, 15) is 4.79 Å². The van der Waals surface area contributed by atoms with E-state index in [0.717, 1.165) is 5.56 Å². The van der Waals surface area contributed by atoms with E-state index in [1.54, 1.807) is 18.2 Å². The zero-order chi connectivity index (χ0) is 12.3. The lowest BCUT2D eigenvalue weighted by Gasteiger charge is -2.05. The number of rotatable bonds is 3. The lowest BCUT2D eigenvalue weighted by Crippen LogP contribution is -1.98. The topological polar surface area (TPSA) is 42.9 Å². The number of benzene rings is 1. The molecule has 1 aromatic heterocycles. The molecule has 0 aliphatic carbocycles. The molecule has 0 saturated carbocycles. The summed E-state index contributed by atoms with van der Waals surface area (Å²) in [6.07, 6.45) is 4.09. The summed E-state index contributed by atoms with van der Waals surface area (Å²) in [6, 6.07) is 5.32. The van der Waals surface area contributed by atoms with Gasteiger partial charge in [-0.2, -0.15) is 0 Å². The largest absolute Gasteiger partial charge is 0.298 e. The van der Waals surface area contributed by atoms with E-state index < -0.39 is 0 Å². The van der Waals surface area contributed by atoms with E-state index in [1.807, 2.05) is 0 Å². The zero-order valence-corrected chi connectivity index (χ0v) is 10.2. The number of aromatic nitrogens is 2. The molecule has 0 unspecified atom stereocenters. The van der Waals surface area contributed by atoms with Crippen molar-refractivity contribution in [2.24, 2.45) is 0 Å². The molecule has 0 fully saturated rings. The van der Waals surface area contributed by atoms with Crippen LogP contribution in [0.15, 0.2) is 30.6 Å². The Balaban J connectivity index is 2.28. The molecular formula is C12H8Cl2N2O. The Kier molecular flexibility index (Phi) is 3.71. The maximum absolute atomic E-state index is 10.5. The molecule has 2 rings (SSSR count). The summed E-state index contributed by atoms with van der Waals surface area (Å²) in [5.41, 5.74) is 1.23. The lowest BCUT2D eigenvalue weighted by molar-refractivity contribution is 0.112. The van der Waals surface area contributed by atoms with Gasteiger partial charge in [0.25, 0.3) is 0 Å². The molecule has 0 N–H and O–H groups in total. The molecule has 0 saturated heterocycles.